The molecule has 5 nitrogen and oxygen atoms in total. The van der Waals surface area contributed by atoms with Gasteiger partial charge >= 0.3 is 0 Å². The van der Waals surface area contributed by atoms with E-state index in [2.05, 4.69) is 30.1 Å². The van der Waals surface area contributed by atoms with Crippen molar-refractivity contribution in [3.05, 3.63) is 65.7 Å². The average molecular weight is 394 g/mol. The van der Waals surface area contributed by atoms with Crippen LogP contribution in [0.25, 0.3) is 0 Å². The molecule has 0 radical (unpaired) electrons. The minimum atomic E-state index is -0.324. The number of amides is 2. The number of rotatable bonds is 8. The molecule has 0 aliphatic carbocycles. The Morgan fingerprint density at radius 1 is 1.10 bits per heavy atom. The van der Waals surface area contributed by atoms with E-state index in [0.29, 0.717) is 6.54 Å². The lowest BCUT2D eigenvalue weighted by molar-refractivity contribution is -0.129. The number of nitrogens with zero attached hydrogens (tertiary/aromatic N) is 2. The summed E-state index contributed by atoms with van der Waals surface area (Å²) in [6.45, 7) is 9.47. The summed E-state index contributed by atoms with van der Waals surface area (Å²) in [7, 11) is 0. The van der Waals surface area contributed by atoms with Crippen LogP contribution in [-0.4, -0.2) is 41.2 Å². The topological polar surface area (TPSA) is 52.7 Å². The maximum atomic E-state index is 12.9. The predicted molar refractivity (Wildman–Crippen MR) is 116 cm³/mol. The van der Waals surface area contributed by atoms with Gasteiger partial charge in [-0.3, -0.25) is 14.5 Å². The minimum Gasteiger partial charge on any atom is -0.335 e. The van der Waals surface area contributed by atoms with Crippen LogP contribution in [0.3, 0.4) is 0 Å². The first kappa shape index (κ1) is 21.1. The SMILES string of the molecule is CCN(CC)Cc1ccccc1NC(=O)C1CC(=O)N(C(C)c2ccccc2)C1. The van der Waals surface area contributed by atoms with Crippen LogP contribution >= 0.6 is 0 Å². The quantitative estimate of drug-likeness (QED) is 0.735. The Morgan fingerprint density at radius 2 is 1.76 bits per heavy atom. The number of carbonyl (C=O) groups is 2. The van der Waals surface area contributed by atoms with Crippen LogP contribution in [0.15, 0.2) is 54.6 Å². The van der Waals surface area contributed by atoms with Crippen molar-refractivity contribution in [2.75, 3.05) is 25.0 Å². The molecule has 29 heavy (non-hydrogen) atoms. The molecule has 1 aliphatic rings. The molecule has 1 N–H and O–H groups in total. The lowest BCUT2D eigenvalue weighted by Crippen LogP contribution is -2.31. The Balaban J connectivity index is 1.67. The van der Waals surface area contributed by atoms with Gasteiger partial charge in [-0.05, 0) is 37.2 Å². The number of nitrogens with one attached hydrogen (secondary N) is 1. The van der Waals surface area contributed by atoms with Crippen molar-refractivity contribution < 1.29 is 9.59 Å². The van der Waals surface area contributed by atoms with Crippen molar-refractivity contribution in [1.82, 2.24) is 9.80 Å². The fraction of sp³-hybridized carbons (Fsp3) is 0.417. The molecular weight excluding hydrogens is 362 g/mol. The molecule has 0 saturated carbocycles. The molecule has 1 aliphatic heterocycles. The summed E-state index contributed by atoms with van der Waals surface area (Å²) in [5, 5.41) is 3.08. The molecule has 2 amide bonds. The number of hydrogen-bond donors (Lipinski definition) is 1. The summed E-state index contributed by atoms with van der Waals surface area (Å²) in [5.74, 6) is -0.360. The van der Waals surface area contributed by atoms with Crippen molar-refractivity contribution in [3.8, 4) is 0 Å². The molecule has 2 unspecified atom stereocenters. The van der Waals surface area contributed by atoms with E-state index < -0.39 is 0 Å². The molecule has 1 fully saturated rings. The lowest BCUT2D eigenvalue weighted by atomic mass is 10.1. The summed E-state index contributed by atoms with van der Waals surface area (Å²) in [6.07, 6.45) is 0.265. The van der Waals surface area contributed by atoms with Crippen LogP contribution < -0.4 is 5.32 Å². The zero-order valence-corrected chi connectivity index (χ0v) is 17.6. The molecule has 5 heteroatoms. The monoisotopic (exact) mass is 393 g/mol. The van der Waals surface area contributed by atoms with Gasteiger partial charge in [0.1, 0.15) is 0 Å². The molecule has 1 heterocycles. The Morgan fingerprint density at radius 3 is 2.45 bits per heavy atom. The van der Waals surface area contributed by atoms with Crippen LogP contribution in [-0.2, 0) is 16.1 Å². The summed E-state index contributed by atoms with van der Waals surface area (Å²) in [4.78, 5) is 29.7. The van der Waals surface area contributed by atoms with E-state index in [4.69, 9.17) is 0 Å². The minimum absolute atomic E-state index is 0.0311. The van der Waals surface area contributed by atoms with Crippen molar-refractivity contribution in [2.24, 2.45) is 5.92 Å². The number of benzene rings is 2. The number of para-hydroxylation sites is 1. The summed E-state index contributed by atoms with van der Waals surface area (Å²) in [6, 6.07) is 17.9. The van der Waals surface area contributed by atoms with Crippen molar-refractivity contribution >= 4 is 17.5 Å². The largest absolute Gasteiger partial charge is 0.335 e. The Kier molecular flexibility index (Phi) is 7.04. The Hall–Kier alpha value is -2.66. The molecule has 0 spiro atoms. The van der Waals surface area contributed by atoms with Gasteiger partial charge in [0.15, 0.2) is 0 Å². The Labute approximate surface area is 173 Å². The molecule has 154 valence electrons. The molecule has 3 rings (SSSR count). The summed E-state index contributed by atoms with van der Waals surface area (Å²) >= 11 is 0. The molecule has 2 atom stereocenters. The van der Waals surface area contributed by atoms with Gasteiger partial charge in [-0.25, -0.2) is 0 Å². The predicted octanol–water partition coefficient (Wildman–Crippen LogP) is 4.08. The average Bonchev–Trinajstić information content (AvgIpc) is 3.15. The van der Waals surface area contributed by atoms with E-state index in [0.717, 1.165) is 36.4 Å². The van der Waals surface area contributed by atoms with Gasteiger partial charge in [0.2, 0.25) is 11.8 Å². The molecule has 1 saturated heterocycles. The first-order valence-electron chi connectivity index (χ1n) is 10.5. The highest BCUT2D eigenvalue weighted by atomic mass is 16.2. The van der Waals surface area contributed by atoms with E-state index in [9.17, 15) is 9.59 Å². The van der Waals surface area contributed by atoms with E-state index in [-0.39, 0.29) is 30.2 Å². The summed E-state index contributed by atoms with van der Waals surface area (Å²) < 4.78 is 0. The van der Waals surface area contributed by atoms with Crippen LogP contribution in [0.1, 0.15) is 44.4 Å². The van der Waals surface area contributed by atoms with Crippen LogP contribution in [0.2, 0.25) is 0 Å². The number of carbonyl (C=O) groups excluding carboxylic acids is 2. The van der Waals surface area contributed by atoms with Gasteiger partial charge < -0.3 is 10.2 Å². The maximum absolute atomic E-state index is 12.9. The normalized spacial score (nSPS) is 17.6. The third-order valence-corrected chi connectivity index (χ3v) is 5.84. The summed E-state index contributed by atoms with van der Waals surface area (Å²) in [5.41, 5.74) is 3.03. The first-order valence-corrected chi connectivity index (χ1v) is 10.5. The van der Waals surface area contributed by atoms with Crippen LogP contribution in [0.5, 0.6) is 0 Å². The van der Waals surface area contributed by atoms with Crippen molar-refractivity contribution in [2.45, 2.75) is 39.8 Å². The van der Waals surface area contributed by atoms with E-state index in [1.54, 1.807) is 0 Å². The second-order valence-electron chi connectivity index (χ2n) is 7.64. The van der Waals surface area contributed by atoms with Crippen molar-refractivity contribution in [3.63, 3.8) is 0 Å². The second kappa shape index (κ2) is 9.70. The highest BCUT2D eigenvalue weighted by Gasteiger charge is 2.37. The number of likely N-dealkylation sites (tertiary alicyclic amines) is 1. The van der Waals surface area contributed by atoms with Crippen LogP contribution in [0.4, 0.5) is 5.69 Å². The maximum Gasteiger partial charge on any atom is 0.229 e. The second-order valence-corrected chi connectivity index (χ2v) is 7.64. The fourth-order valence-corrected chi connectivity index (χ4v) is 3.90. The molecule has 2 aromatic rings. The van der Waals surface area contributed by atoms with Gasteiger partial charge in [-0.2, -0.15) is 0 Å². The third-order valence-electron chi connectivity index (χ3n) is 5.84. The smallest absolute Gasteiger partial charge is 0.229 e. The molecule has 0 aromatic heterocycles. The fourth-order valence-electron chi connectivity index (χ4n) is 3.90. The standard InChI is InChI=1S/C24H31N3O2/c1-4-26(5-2)16-20-13-9-10-14-22(20)25-24(29)21-15-23(28)27(17-21)18(3)19-11-7-6-8-12-19/h6-14,18,21H,4-5,15-17H2,1-3H3,(H,25,29). The van der Waals surface area contributed by atoms with Gasteiger partial charge in [-0.1, -0.05) is 62.4 Å². The zero-order chi connectivity index (χ0) is 20.8. The Bertz CT molecular complexity index is 833. The van der Waals surface area contributed by atoms with E-state index in [1.165, 1.54) is 0 Å². The molecule has 2 aromatic carbocycles. The lowest BCUT2D eigenvalue weighted by Gasteiger charge is -2.25. The molecular formula is C24H31N3O2. The highest BCUT2D eigenvalue weighted by molar-refractivity contribution is 5.97. The van der Waals surface area contributed by atoms with E-state index in [1.807, 2.05) is 60.4 Å². The van der Waals surface area contributed by atoms with Gasteiger partial charge in [0, 0.05) is 25.2 Å². The first-order chi connectivity index (χ1) is 14.0. The number of anilines is 1. The van der Waals surface area contributed by atoms with Gasteiger partial charge in [0.05, 0.1) is 12.0 Å². The van der Waals surface area contributed by atoms with E-state index >= 15 is 0 Å². The van der Waals surface area contributed by atoms with Crippen LogP contribution in [0, 0.1) is 5.92 Å². The number of hydrogen-bond acceptors (Lipinski definition) is 3. The third kappa shape index (κ3) is 5.04. The highest BCUT2D eigenvalue weighted by Crippen LogP contribution is 2.29. The zero-order valence-electron chi connectivity index (χ0n) is 17.6. The van der Waals surface area contributed by atoms with Crippen molar-refractivity contribution in [1.29, 1.82) is 0 Å². The van der Waals surface area contributed by atoms with Gasteiger partial charge in [0.25, 0.3) is 0 Å². The van der Waals surface area contributed by atoms with Gasteiger partial charge in [-0.15, -0.1) is 0 Å². The molecule has 0 bridgehead atoms.